The Labute approximate surface area is 142 Å². The Morgan fingerprint density at radius 1 is 1.26 bits per heavy atom. The van der Waals surface area contributed by atoms with Crippen molar-refractivity contribution in [2.24, 2.45) is 5.41 Å². The summed E-state index contributed by atoms with van der Waals surface area (Å²) in [5.41, 5.74) is 1.39. The molecule has 6 heteroatoms. The Hall–Kier alpha value is -1.72. The molecule has 2 aromatic rings. The standard InChI is InChI=1S/C17H16ClNO3S/c1-8-9(4-5-12-14(8)19-16(18)23-12)15(22)13-10(20)6-17(2,3)7-11(13)21/h4-5,22H,6-7H2,1-3H3. The second kappa shape index (κ2) is 5.42. The van der Waals surface area contributed by atoms with Crippen molar-refractivity contribution >= 4 is 50.5 Å². The first kappa shape index (κ1) is 16.1. The molecule has 1 saturated carbocycles. The minimum atomic E-state index is -0.362. The van der Waals surface area contributed by atoms with Gasteiger partial charge in [-0.2, -0.15) is 0 Å². The molecule has 4 nitrogen and oxygen atoms in total. The first-order valence-corrected chi connectivity index (χ1v) is 8.45. The fourth-order valence-corrected chi connectivity index (χ4v) is 4.10. The van der Waals surface area contributed by atoms with E-state index in [9.17, 15) is 14.7 Å². The SMILES string of the molecule is Cc1c(C(O)=C2C(=O)CC(C)(C)CC2=O)ccc2sc(Cl)nc12. The van der Waals surface area contributed by atoms with Crippen molar-refractivity contribution in [3.8, 4) is 0 Å². The lowest BCUT2D eigenvalue weighted by Crippen LogP contribution is -2.32. The van der Waals surface area contributed by atoms with Crippen LogP contribution in [0.4, 0.5) is 0 Å². The molecule has 0 aliphatic heterocycles. The van der Waals surface area contributed by atoms with E-state index in [4.69, 9.17) is 11.6 Å². The molecular formula is C17H16ClNO3S. The molecule has 1 heterocycles. The number of hydrogen-bond acceptors (Lipinski definition) is 5. The van der Waals surface area contributed by atoms with Crippen LogP contribution in [0.15, 0.2) is 17.7 Å². The van der Waals surface area contributed by atoms with E-state index in [0.29, 0.717) is 21.1 Å². The summed E-state index contributed by atoms with van der Waals surface area (Å²) in [4.78, 5) is 28.9. The number of hydrogen-bond donors (Lipinski definition) is 1. The van der Waals surface area contributed by atoms with Gasteiger partial charge in [-0.25, -0.2) is 4.98 Å². The van der Waals surface area contributed by atoms with Crippen molar-refractivity contribution < 1.29 is 14.7 Å². The van der Waals surface area contributed by atoms with Gasteiger partial charge in [-0.3, -0.25) is 9.59 Å². The molecule has 1 aliphatic carbocycles. The first-order chi connectivity index (χ1) is 10.7. The highest BCUT2D eigenvalue weighted by molar-refractivity contribution is 7.22. The fourth-order valence-electron chi connectivity index (χ4n) is 3.02. The number of thiazole rings is 1. The summed E-state index contributed by atoms with van der Waals surface area (Å²) >= 11 is 7.28. The Morgan fingerprint density at radius 3 is 2.48 bits per heavy atom. The molecule has 1 fully saturated rings. The van der Waals surface area contributed by atoms with Crippen LogP contribution in [-0.2, 0) is 9.59 Å². The molecule has 120 valence electrons. The van der Waals surface area contributed by atoms with Crippen molar-refractivity contribution in [3.05, 3.63) is 33.3 Å². The number of Topliss-reactive ketones (excluding diaryl/α,β-unsaturated/α-hetero) is 2. The van der Waals surface area contributed by atoms with Crippen LogP contribution in [0.2, 0.25) is 4.47 Å². The van der Waals surface area contributed by atoms with E-state index in [1.165, 1.54) is 11.3 Å². The van der Waals surface area contributed by atoms with Gasteiger partial charge in [-0.15, -0.1) is 11.3 Å². The number of aryl methyl sites for hydroxylation is 1. The summed E-state index contributed by atoms with van der Waals surface area (Å²) in [5, 5.41) is 10.6. The molecule has 0 unspecified atom stereocenters. The minimum absolute atomic E-state index is 0.0897. The number of fused-ring (bicyclic) bond motifs is 1. The lowest BCUT2D eigenvalue weighted by atomic mass is 9.73. The van der Waals surface area contributed by atoms with Gasteiger partial charge in [0.05, 0.1) is 10.2 Å². The van der Waals surface area contributed by atoms with Crippen molar-refractivity contribution in [2.45, 2.75) is 33.6 Å². The summed E-state index contributed by atoms with van der Waals surface area (Å²) in [6, 6.07) is 3.49. The molecule has 3 rings (SSSR count). The highest BCUT2D eigenvalue weighted by Gasteiger charge is 2.38. The molecule has 0 radical (unpaired) electrons. The predicted molar refractivity (Wildman–Crippen MR) is 91.9 cm³/mol. The zero-order valence-electron chi connectivity index (χ0n) is 13.1. The van der Waals surface area contributed by atoms with E-state index < -0.39 is 0 Å². The maximum atomic E-state index is 12.3. The van der Waals surface area contributed by atoms with Crippen LogP contribution in [0.25, 0.3) is 16.0 Å². The zero-order valence-corrected chi connectivity index (χ0v) is 14.6. The highest BCUT2D eigenvalue weighted by Crippen LogP contribution is 2.37. The summed E-state index contributed by atoms with van der Waals surface area (Å²) in [6.45, 7) is 5.56. The Bertz CT molecular complexity index is 857. The van der Waals surface area contributed by atoms with Crippen LogP contribution in [0.1, 0.15) is 37.8 Å². The summed E-state index contributed by atoms with van der Waals surface area (Å²) in [6.07, 6.45) is 0.504. The molecule has 0 atom stereocenters. The molecule has 0 amide bonds. The number of allylic oxidation sites excluding steroid dienone is 1. The van der Waals surface area contributed by atoms with Crippen molar-refractivity contribution in [1.82, 2.24) is 4.98 Å². The van der Waals surface area contributed by atoms with Gasteiger partial charge in [0.2, 0.25) is 0 Å². The number of benzene rings is 1. The number of carbonyl (C=O) groups is 2. The number of halogens is 1. The third-order valence-electron chi connectivity index (χ3n) is 4.12. The zero-order chi connectivity index (χ0) is 16.9. The molecule has 0 bridgehead atoms. The number of rotatable bonds is 1. The normalized spacial score (nSPS) is 17.8. The van der Waals surface area contributed by atoms with Crippen LogP contribution in [-0.4, -0.2) is 21.7 Å². The smallest absolute Gasteiger partial charge is 0.184 e. The van der Waals surface area contributed by atoms with E-state index in [-0.39, 0.29) is 41.2 Å². The number of nitrogens with zero attached hydrogens (tertiary/aromatic N) is 1. The molecule has 0 saturated heterocycles. The Morgan fingerprint density at radius 2 is 1.87 bits per heavy atom. The summed E-state index contributed by atoms with van der Waals surface area (Å²) < 4.78 is 1.32. The maximum absolute atomic E-state index is 12.3. The molecule has 1 aromatic heterocycles. The first-order valence-electron chi connectivity index (χ1n) is 7.25. The Balaban J connectivity index is 2.16. The van der Waals surface area contributed by atoms with Crippen LogP contribution >= 0.6 is 22.9 Å². The van der Waals surface area contributed by atoms with Gasteiger partial charge in [0.1, 0.15) is 11.3 Å². The number of carbonyl (C=O) groups excluding carboxylic acids is 2. The minimum Gasteiger partial charge on any atom is -0.506 e. The summed E-state index contributed by atoms with van der Waals surface area (Å²) in [5.74, 6) is -0.863. The molecule has 1 aromatic carbocycles. The van der Waals surface area contributed by atoms with E-state index >= 15 is 0 Å². The van der Waals surface area contributed by atoms with E-state index in [1.54, 1.807) is 19.1 Å². The van der Waals surface area contributed by atoms with Gasteiger partial charge < -0.3 is 5.11 Å². The molecular weight excluding hydrogens is 334 g/mol. The third-order valence-corrected chi connectivity index (χ3v) is 5.24. The van der Waals surface area contributed by atoms with Crippen LogP contribution < -0.4 is 0 Å². The quantitative estimate of drug-likeness (QED) is 0.468. The van der Waals surface area contributed by atoms with Crippen LogP contribution in [0, 0.1) is 12.3 Å². The van der Waals surface area contributed by atoms with Gasteiger partial charge in [-0.05, 0) is 30.0 Å². The van der Waals surface area contributed by atoms with Gasteiger partial charge in [-0.1, -0.05) is 25.4 Å². The van der Waals surface area contributed by atoms with E-state index in [0.717, 1.165) is 4.70 Å². The van der Waals surface area contributed by atoms with Gasteiger partial charge in [0.25, 0.3) is 0 Å². The predicted octanol–water partition coefficient (Wildman–Crippen LogP) is 4.49. The molecule has 23 heavy (non-hydrogen) atoms. The average molecular weight is 350 g/mol. The maximum Gasteiger partial charge on any atom is 0.184 e. The lowest BCUT2D eigenvalue weighted by molar-refractivity contribution is -0.127. The third kappa shape index (κ3) is 2.79. The van der Waals surface area contributed by atoms with Crippen molar-refractivity contribution in [2.75, 3.05) is 0 Å². The lowest BCUT2D eigenvalue weighted by Gasteiger charge is -2.29. The average Bonchev–Trinajstić information content (AvgIpc) is 2.78. The molecule has 1 aliphatic rings. The second-order valence-corrected chi connectivity index (χ2v) is 8.25. The number of aliphatic hydroxyl groups is 1. The van der Waals surface area contributed by atoms with Crippen LogP contribution in [0.3, 0.4) is 0 Å². The van der Waals surface area contributed by atoms with E-state index in [2.05, 4.69) is 4.98 Å². The molecule has 1 N–H and O–H groups in total. The fraction of sp³-hybridized carbons (Fsp3) is 0.353. The summed E-state index contributed by atoms with van der Waals surface area (Å²) in [7, 11) is 0. The monoisotopic (exact) mass is 349 g/mol. The van der Waals surface area contributed by atoms with E-state index in [1.807, 2.05) is 13.8 Å². The second-order valence-electron chi connectivity index (χ2n) is 6.64. The Kier molecular flexibility index (Phi) is 3.81. The largest absolute Gasteiger partial charge is 0.506 e. The number of aliphatic hydroxyl groups excluding tert-OH is 1. The molecule has 0 spiro atoms. The highest BCUT2D eigenvalue weighted by atomic mass is 35.5. The van der Waals surface area contributed by atoms with Gasteiger partial charge in [0, 0.05) is 18.4 Å². The van der Waals surface area contributed by atoms with Gasteiger partial charge >= 0.3 is 0 Å². The van der Waals surface area contributed by atoms with Crippen LogP contribution in [0.5, 0.6) is 0 Å². The van der Waals surface area contributed by atoms with Gasteiger partial charge in [0.15, 0.2) is 16.0 Å². The van der Waals surface area contributed by atoms with Crippen molar-refractivity contribution in [3.63, 3.8) is 0 Å². The van der Waals surface area contributed by atoms with Crippen molar-refractivity contribution in [1.29, 1.82) is 0 Å². The number of aromatic nitrogens is 1. The topological polar surface area (TPSA) is 67.3 Å². The number of ketones is 2.